The number of hydrogen-bond donors (Lipinski definition) is 0. The van der Waals surface area contributed by atoms with E-state index in [9.17, 15) is 0 Å². The topological polar surface area (TPSA) is 53.3 Å². The minimum atomic E-state index is 0.00842. The van der Waals surface area contributed by atoms with E-state index in [1.54, 1.807) is 11.3 Å². The lowest BCUT2D eigenvalue weighted by Crippen LogP contribution is -2.48. The van der Waals surface area contributed by atoms with Crippen molar-refractivity contribution in [3.05, 3.63) is 88.4 Å². The molecule has 7 nitrogen and oxygen atoms in total. The van der Waals surface area contributed by atoms with Crippen molar-refractivity contribution in [2.24, 2.45) is 0 Å². The van der Waals surface area contributed by atoms with Crippen LogP contribution in [0.3, 0.4) is 0 Å². The highest BCUT2D eigenvalue weighted by Crippen LogP contribution is 2.30. The quantitative estimate of drug-likeness (QED) is 0.420. The third kappa shape index (κ3) is 4.77. The van der Waals surface area contributed by atoms with Crippen molar-refractivity contribution in [2.75, 3.05) is 50.1 Å². The van der Waals surface area contributed by atoms with E-state index >= 15 is 0 Å². The fourth-order valence-electron chi connectivity index (χ4n) is 4.43. The van der Waals surface area contributed by atoms with E-state index in [0.29, 0.717) is 6.54 Å². The van der Waals surface area contributed by atoms with Gasteiger partial charge in [-0.1, -0.05) is 36.4 Å². The Bertz CT molecular complexity index is 1130. The molecule has 0 N–H and O–H groups in total. The highest BCUT2D eigenvalue weighted by Gasteiger charge is 2.31. The monoisotopic (exact) mass is 459 g/mol. The molecule has 170 valence electrons. The van der Waals surface area contributed by atoms with Gasteiger partial charge in [-0.2, -0.15) is 0 Å². The van der Waals surface area contributed by atoms with E-state index in [-0.39, 0.29) is 6.04 Å². The number of thiophene rings is 1. The van der Waals surface area contributed by atoms with E-state index < -0.39 is 0 Å². The molecule has 3 heterocycles. The SMILES string of the molecule is CN(C)c1ccc(C(c2nnnn2Cc2cccs2)N2CCN(c3ccccc3)CC2)cc1. The molecule has 1 unspecified atom stereocenters. The van der Waals surface area contributed by atoms with E-state index in [4.69, 9.17) is 0 Å². The molecule has 1 aliphatic rings. The summed E-state index contributed by atoms with van der Waals surface area (Å²) in [6, 6.07) is 23.7. The zero-order valence-electron chi connectivity index (χ0n) is 19.1. The van der Waals surface area contributed by atoms with Crippen LogP contribution in [0.4, 0.5) is 11.4 Å². The molecule has 5 rings (SSSR count). The summed E-state index contributed by atoms with van der Waals surface area (Å²) in [6.45, 7) is 4.53. The fraction of sp³-hybridized carbons (Fsp3) is 0.320. The Labute approximate surface area is 198 Å². The standard InChI is InChI=1S/C25H29N7S/c1-29(2)21-12-10-20(11-13-21)24(25-26-27-28-32(25)19-23-9-6-18-33-23)31-16-14-30(15-17-31)22-7-4-3-5-8-22/h3-13,18,24H,14-17,19H2,1-2H3. The van der Waals surface area contributed by atoms with Gasteiger partial charge in [0.2, 0.25) is 0 Å². The maximum atomic E-state index is 4.52. The number of hydrogen-bond acceptors (Lipinski definition) is 7. The van der Waals surface area contributed by atoms with E-state index in [1.807, 2.05) is 4.68 Å². The number of tetrazole rings is 1. The summed E-state index contributed by atoms with van der Waals surface area (Å²) < 4.78 is 1.96. The maximum absolute atomic E-state index is 4.52. The smallest absolute Gasteiger partial charge is 0.173 e. The zero-order valence-corrected chi connectivity index (χ0v) is 19.9. The largest absolute Gasteiger partial charge is 0.378 e. The van der Waals surface area contributed by atoms with E-state index in [2.05, 4.69) is 116 Å². The second-order valence-electron chi connectivity index (χ2n) is 8.52. The first kappa shape index (κ1) is 21.6. The molecule has 2 aromatic heterocycles. The van der Waals surface area contributed by atoms with Gasteiger partial charge in [-0.3, -0.25) is 4.90 Å². The Balaban J connectivity index is 1.43. The predicted octanol–water partition coefficient (Wildman–Crippen LogP) is 3.76. The van der Waals surface area contributed by atoms with Gasteiger partial charge in [-0.25, -0.2) is 4.68 Å². The number of benzene rings is 2. The van der Waals surface area contributed by atoms with Crippen molar-refractivity contribution in [3.63, 3.8) is 0 Å². The Hall–Kier alpha value is -3.23. The lowest BCUT2D eigenvalue weighted by atomic mass is 10.0. The van der Waals surface area contributed by atoms with Gasteiger partial charge in [0.25, 0.3) is 0 Å². The molecule has 0 bridgehead atoms. The molecule has 1 fully saturated rings. The Kier molecular flexibility index (Phi) is 6.37. The minimum absolute atomic E-state index is 0.00842. The highest BCUT2D eigenvalue weighted by atomic mass is 32.1. The van der Waals surface area contributed by atoms with Crippen LogP contribution in [0.25, 0.3) is 0 Å². The molecule has 0 saturated carbocycles. The molecule has 0 spiro atoms. The number of anilines is 2. The fourth-order valence-corrected chi connectivity index (χ4v) is 5.11. The van der Waals surface area contributed by atoms with Crippen LogP contribution in [-0.4, -0.2) is 65.4 Å². The Morgan fingerprint density at radius 2 is 1.67 bits per heavy atom. The zero-order chi connectivity index (χ0) is 22.6. The number of nitrogens with zero attached hydrogens (tertiary/aromatic N) is 7. The summed E-state index contributed by atoms with van der Waals surface area (Å²) >= 11 is 1.73. The number of rotatable bonds is 7. The van der Waals surface area contributed by atoms with Gasteiger partial charge in [-0.05, 0) is 51.7 Å². The molecule has 0 amide bonds. The normalized spacial score (nSPS) is 15.5. The molecule has 1 atom stereocenters. The van der Waals surface area contributed by atoms with Gasteiger partial charge in [0.1, 0.15) is 0 Å². The van der Waals surface area contributed by atoms with Crippen molar-refractivity contribution in [3.8, 4) is 0 Å². The van der Waals surface area contributed by atoms with Gasteiger partial charge in [0.05, 0.1) is 12.6 Å². The summed E-state index contributed by atoms with van der Waals surface area (Å²) in [6.07, 6.45) is 0. The summed E-state index contributed by atoms with van der Waals surface area (Å²) in [5.41, 5.74) is 3.69. The van der Waals surface area contributed by atoms with Crippen molar-refractivity contribution in [1.29, 1.82) is 0 Å². The molecular formula is C25H29N7S. The number of aromatic nitrogens is 4. The van der Waals surface area contributed by atoms with Crippen molar-refractivity contribution >= 4 is 22.7 Å². The van der Waals surface area contributed by atoms with Crippen LogP contribution in [0, 0.1) is 0 Å². The summed E-state index contributed by atoms with van der Waals surface area (Å²) in [4.78, 5) is 8.34. The van der Waals surface area contributed by atoms with Gasteiger partial charge in [-0.15, -0.1) is 16.4 Å². The molecule has 1 aliphatic heterocycles. The summed E-state index contributed by atoms with van der Waals surface area (Å²) in [5, 5.41) is 15.1. The van der Waals surface area contributed by atoms with Crippen molar-refractivity contribution < 1.29 is 0 Å². The second-order valence-corrected chi connectivity index (χ2v) is 9.55. The van der Waals surface area contributed by atoms with Crippen LogP contribution in [0.5, 0.6) is 0 Å². The molecule has 0 aliphatic carbocycles. The van der Waals surface area contributed by atoms with Crippen LogP contribution < -0.4 is 9.80 Å². The van der Waals surface area contributed by atoms with Gasteiger partial charge >= 0.3 is 0 Å². The molecule has 0 radical (unpaired) electrons. The lowest BCUT2D eigenvalue weighted by Gasteiger charge is -2.40. The second kappa shape index (κ2) is 9.72. The Morgan fingerprint density at radius 3 is 2.33 bits per heavy atom. The molecule has 33 heavy (non-hydrogen) atoms. The first-order chi connectivity index (χ1) is 16.2. The first-order valence-electron chi connectivity index (χ1n) is 11.3. The van der Waals surface area contributed by atoms with E-state index in [1.165, 1.54) is 21.8 Å². The minimum Gasteiger partial charge on any atom is -0.378 e. The highest BCUT2D eigenvalue weighted by molar-refractivity contribution is 7.09. The van der Waals surface area contributed by atoms with Crippen LogP contribution in [-0.2, 0) is 6.54 Å². The van der Waals surface area contributed by atoms with Gasteiger partial charge in [0, 0.05) is 56.5 Å². The summed E-state index contributed by atoms with van der Waals surface area (Å²) in [5.74, 6) is 0.897. The average Bonchev–Trinajstić information content (AvgIpc) is 3.54. The molecular weight excluding hydrogens is 430 g/mol. The van der Waals surface area contributed by atoms with Crippen molar-refractivity contribution in [2.45, 2.75) is 12.6 Å². The van der Waals surface area contributed by atoms with Crippen molar-refractivity contribution in [1.82, 2.24) is 25.1 Å². The third-order valence-electron chi connectivity index (χ3n) is 6.22. The van der Waals surface area contributed by atoms with Crippen LogP contribution in [0.1, 0.15) is 22.3 Å². The predicted molar refractivity (Wildman–Crippen MR) is 134 cm³/mol. The first-order valence-corrected chi connectivity index (χ1v) is 12.2. The van der Waals surface area contributed by atoms with Crippen LogP contribution in [0.2, 0.25) is 0 Å². The average molecular weight is 460 g/mol. The number of para-hydroxylation sites is 1. The van der Waals surface area contributed by atoms with Gasteiger partial charge in [0.15, 0.2) is 5.82 Å². The molecule has 4 aromatic rings. The number of piperazine rings is 1. The lowest BCUT2D eigenvalue weighted by molar-refractivity contribution is 0.201. The summed E-state index contributed by atoms with van der Waals surface area (Å²) in [7, 11) is 4.13. The molecule has 2 aromatic carbocycles. The molecule has 8 heteroatoms. The van der Waals surface area contributed by atoms with Gasteiger partial charge < -0.3 is 9.80 Å². The van der Waals surface area contributed by atoms with Crippen LogP contribution >= 0.6 is 11.3 Å². The maximum Gasteiger partial charge on any atom is 0.173 e. The van der Waals surface area contributed by atoms with Crippen LogP contribution in [0.15, 0.2) is 72.1 Å². The third-order valence-corrected chi connectivity index (χ3v) is 7.08. The Morgan fingerprint density at radius 1 is 0.909 bits per heavy atom. The van der Waals surface area contributed by atoms with E-state index in [0.717, 1.165) is 32.0 Å². The molecule has 1 saturated heterocycles.